The zero-order valence-electron chi connectivity index (χ0n) is 17.0. The molecule has 0 aliphatic carbocycles. The van der Waals surface area contributed by atoms with Gasteiger partial charge >= 0.3 is 11.2 Å². The molecular weight excluding hydrogens is 419 g/mol. The van der Waals surface area contributed by atoms with Crippen LogP contribution in [0.25, 0.3) is 0 Å². The first-order valence-corrected chi connectivity index (χ1v) is 10.6. The quantitative estimate of drug-likeness (QED) is 0.530. The summed E-state index contributed by atoms with van der Waals surface area (Å²) in [4.78, 5) is 44.8. The third-order valence-corrected chi connectivity index (χ3v) is 6.18. The van der Waals surface area contributed by atoms with Crippen LogP contribution >= 0.6 is 11.8 Å². The fourth-order valence-electron chi connectivity index (χ4n) is 3.47. The van der Waals surface area contributed by atoms with Crippen LogP contribution in [0.15, 0.2) is 59.6 Å². The molecule has 1 atom stereocenters. The molecule has 0 N–H and O–H groups in total. The number of thioether (sulfide) groups is 1. The summed E-state index contributed by atoms with van der Waals surface area (Å²) in [5, 5.41) is 0.469. The fraction of sp³-hybridized carbons (Fsp3) is 0.227. The van der Waals surface area contributed by atoms with Crippen LogP contribution in [0.1, 0.15) is 15.9 Å². The van der Waals surface area contributed by atoms with Crippen molar-refractivity contribution in [3.63, 3.8) is 0 Å². The van der Waals surface area contributed by atoms with Gasteiger partial charge < -0.3 is 0 Å². The maximum absolute atomic E-state index is 13.3. The molecule has 3 amide bonds. The second kappa shape index (κ2) is 8.43. The molecule has 31 heavy (non-hydrogen) atoms. The number of halogens is 1. The average molecular weight is 439 g/mol. The van der Waals surface area contributed by atoms with Crippen molar-refractivity contribution < 1.29 is 23.3 Å². The molecule has 0 saturated carbocycles. The zero-order chi connectivity index (χ0) is 22.1. The van der Waals surface area contributed by atoms with E-state index < -0.39 is 18.0 Å². The van der Waals surface area contributed by atoms with Crippen LogP contribution < -0.4 is 0 Å². The number of amides is 3. The van der Waals surface area contributed by atoms with Gasteiger partial charge in [0.15, 0.2) is 5.78 Å². The lowest BCUT2D eigenvalue weighted by Crippen LogP contribution is -2.61. The Bertz CT molecular complexity index is 1120. The van der Waals surface area contributed by atoms with Gasteiger partial charge in [-0.05, 0) is 34.5 Å². The number of ketones is 1. The highest BCUT2D eigenvalue weighted by Gasteiger charge is 2.53. The second-order valence-corrected chi connectivity index (χ2v) is 8.17. The molecule has 0 spiro atoms. The highest BCUT2D eigenvalue weighted by molar-refractivity contribution is 8.14. The van der Waals surface area contributed by atoms with Gasteiger partial charge in [0.05, 0.1) is 5.75 Å². The van der Waals surface area contributed by atoms with Gasteiger partial charge in [0, 0.05) is 19.7 Å². The van der Waals surface area contributed by atoms with Crippen molar-refractivity contribution in [3.05, 3.63) is 71.5 Å². The number of hydrogen-bond donors (Lipinski definition) is 0. The number of hydrogen-bond acceptors (Lipinski definition) is 5. The Kier molecular flexibility index (Phi) is 5.69. The summed E-state index contributed by atoms with van der Waals surface area (Å²) in [6.45, 7) is 0.279. The molecular formula is C22H20FN4O3S+. The Labute approximate surface area is 182 Å². The van der Waals surface area contributed by atoms with E-state index in [0.717, 1.165) is 10.5 Å². The first-order chi connectivity index (χ1) is 14.9. The molecule has 1 saturated heterocycles. The fourth-order valence-corrected chi connectivity index (χ4v) is 4.39. The van der Waals surface area contributed by atoms with Gasteiger partial charge in [0.1, 0.15) is 12.4 Å². The summed E-state index contributed by atoms with van der Waals surface area (Å²) in [6.07, 6.45) is 0. The molecule has 0 radical (unpaired) electrons. The lowest BCUT2D eigenvalue weighted by molar-refractivity contribution is -0.548. The van der Waals surface area contributed by atoms with E-state index in [-0.39, 0.29) is 23.9 Å². The van der Waals surface area contributed by atoms with Gasteiger partial charge in [-0.3, -0.25) is 19.4 Å². The van der Waals surface area contributed by atoms with E-state index >= 15 is 0 Å². The Hall–Kier alpha value is -3.33. The highest BCUT2D eigenvalue weighted by Crippen LogP contribution is 2.25. The summed E-state index contributed by atoms with van der Waals surface area (Å²) in [5.41, 5.74) is 1.37. The third kappa shape index (κ3) is 4.00. The van der Waals surface area contributed by atoms with Gasteiger partial charge in [-0.25, -0.2) is 13.8 Å². The number of carbonyl (C=O) groups excluding carboxylic acids is 3. The summed E-state index contributed by atoms with van der Waals surface area (Å²) in [5.74, 6) is -0.362. The summed E-state index contributed by atoms with van der Waals surface area (Å²) < 4.78 is 15.1. The van der Waals surface area contributed by atoms with E-state index in [1.165, 1.54) is 35.8 Å². The minimum Gasteiger partial charge on any atom is -0.293 e. The summed E-state index contributed by atoms with van der Waals surface area (Å²) in [7, 11) is 2.99. The minimum absolute atomic E-state index is 0.0669. The molecule has 2 aromatic rings. The van der Waals surface area contributed by atoms with Crippen molar-refractivity contribution in [3.8, 4) is 0 Å². The minimum atomic E-state index is -0.785. The number of nitrogens with zero attached hydrogens (tertiary/aromatic N) is 4. The SMILES string of the molecule is CN1C(=O)C2C(=NC(SCC(=O)c3ccccc3)=[N+]2Cc2ccc(F)cc2)N(C)C1=O. The molecule has 1 unspecified atom stereocenters. The largest absolute Gasteiger partial charge is 0.358 e. The number of carbonyl (C=O) groups is 3. The van der Waals surface area contributed by atoms with Crippen LogP contribution in [0.4, 0.5) is 9.18 Å². The first-order valence-electron chi connectivity index (χ1n) is 9.59. The molecule has 9 heteroatoms. The van der Waals surface area contributed by atoms with Crippen LogP contribution in [0.5, 0.6) is 0 Å². The number of likely N-dealkylation sites (N-methyl/N-ethyl adjacent to an activating group) is 2. The van der Waals surface area contributed by atoms with Gasteiger partial charge in [0.2, 0.25) is 0 Å². The van der Waals surface area contributed by atoms with Crippen molar-refractivity contribution in [1.29, 1.82) is 0 Å². The molecule has 0 bridgehead atoms. The number of imide groups is 1. The van der Waals surface area contributed by atoms with Crippen LogP contribution in [0, 0.1) is 5.82 Å². The lowest BCUT2D eigenvalue weighted by atomic mass is 10.1. The molecule has 2 aliphatic heterocycles. The Morgan fingerprint density at radius 1 is 1.06 bits per heavy atom. The molecule has 2 aliphatic rings. The van der Waals surface area contributed by atoms with Crippen LogP contribution in [0.2, 0.25) is 0 Å². The monoisotopic (exact) mass is 439 g/mol. The Morgan fingerprint density at radius 3 is 2.42 bits per heavy atom. The second-order valence-electron chi connectivity index (χ2n) is 7.23. The first kappa shape index (κ1) is 20.9. The zero-order valence-corrected chi connectivity index (χ0v) is 17.8. The van der Waals surface area contributed by atoms with Crippen molar-refractivity contribution >= 4 is 40.5 Å². The third-order valence-electron chi connectivity index (χ3n) is 5.19. The van der Waals surface area contributed by atoms with E-state index in [0.29, 0.717) is 16.6 Å². The molecule has 1 fully saturated rings. The van der Waals surface area contributed by atoms with E-state index in [9.17, 15) is 18.8 Å². The molecule has 4 rings (SSSR count). The number of benzene rings is 2. The molecule has 2 aromatic carbocycles. The van der Waals surface area contributed by atoms with E-state index in [2.05, 4.69) is 4.99 Å². The normalized spacial score (nSPS) is 18.4. The van der Waals surface area contributed by atoms with E-state index in [1.807, 2.05) is 6.07 Å². The lowest BCUT2D eigenvalue weighted by Gasteiger charge is -2.30. The number of Topliss-reactive ketones (excluding diaryl/α,β-unsaturated/α-hetero) is 1. The van der Waals surface area contributed by atoms with Gasteiger partial charge in [-0.2, -0.15) is 0 Å². The predicted molar refractivity (Wildman–Crippen MR) is 116 cm³/mol. The maximum atomic E-state index is 13.3. The molecule has 7 nitrogen and oxygen atoms in total. The van der Waals surface area contributed by atoms with Gasteiger partial charge in [-0.1, -0.05) is 42.5 Å². The van der Waals surface area contributed by atoms with Crippen LogP contribution in [0.3, 0.4) is 0 Å². The van der Waals surface area contributed by atoms with E-state index in [1.54, 1.807) is 48.0 Å². The Balaban J connectivity index is 1.66. The topological polar surface area (TPSA) is 73.1 Å². The number of urea groups is 1. The number of fused-ring (bicyclic) bond motifs is 1. The standard InChI is InChI=1S/C22H20FN4O3S/c1-25-19-18(20(29)26(2)22(25)30)27(12-14-8-10-16(23)11-9-14)21(24-19)31-13-17(28)15-6-4-3-5-7-15/h3-11,18H,12-13H2,1-2H3/q+1. The molecule has 2 heterocycles. The number of amidine groups is 2. The van der Waals surface area contributed by atoms with Crippen molar-refractivity contribution in [2.75, 3.05) is 19.8 Å². The van der Waals surface area contributed by atoms with Crippen molar-refractivity contribution in [2.24, 2.45) is 4.99 Å². The molecule has 158 valence electrons. The predicted octanol–water partition coefficient (Wildman–Crippen LogP) is 2.61. The maximum Gasteiger partial charge on any atom is 0.358 e. The number of rotatable bonds is 5. The van der Waals surface area contributed by atoms with Crippen LogP contribution in [-0.4, -0.2) is 69.0 Å². The van der Waals surface area contributed by atoms with Gasteiger partial charge in [-0.15, -0.1) is 0 Å². The van der Waals surface area contributed by atoms with Crippen molar-refractivity contribution in [2.45, 2.75) is 12.6 Å². The van der Waals surface area contributed by atoms with Gasteiger partial charge in [0.25, 0.3) is 17.8 Å². The smallest absolute Gasteiger partial charge is 0.293 e. The summed E-state index contributed by atoms with van der Waals surface area (Å²) >= 11 is 1.21. The molecule has 0 aromatic heterocycles. The van der Waals surface area contributed by atoms with Crippen LogP contribution in [-0.2, 0) is 11.3 Å². The number of aliphatic imine (C=N–C) groups is 1. The van der Waals surface area contributed by atoms with E-state index in [4.69, 9.17) is 0 Å². The van der Waals surface area contributed by atoms with Crippen molar-refractivity contribution in [1.82, 2.24) is 9.80 Å². The average Bonchev–Trinajstić information content (AvgIpc) is 3.15. The highest BCUT2D eigenvalue weighted by atomic mass is 32.2. The summed E-state index contributed by atoms with van der Waals surface area (Å²) in [6, 6.07) is 13.6. The Morgan fingerprint density at radius 2 is 1.74 bits per heavy atom.